The minimum Gasteiger partial charge on any atom is -0.387 e. The second-order valence-corrected chi connectivity index (χ2v) is 10.5. The lowest BCUT2D eigenvalue weighted by atomic mass is 9.87. The van der Waals surface area contributed by atoms with Gasteiger partial charge < -0.3 is 36.2 Å². The van der Waals surface area contributed by atoms with Crippen LogP contribution in [0.2, 0.25) is 0 Å². The Morgan fingerprint density at radius 3 is 2.59 bits per heavy atom. The fourth-order valence-electron chi connectivity index (χ4n) is 4.34. The van der Waals surface area contributed by atoms with Crippen LogP contribution in [0.25, 0.3) is 11.2 Å². The molecule has 6 N–H and O–H groups in total. The molecule has 0 spiro atoms. The summed E-state index contributed by atoms with van der Waals surface area (Å²) in [5.41, 5.74) is 8.67. The standard InChI is InChI=1S/C25H36N8O4/c1-25(2,3)15-6-8-16(9-7-15)31-24(36)27-10-5-11-32(4)12-17-19(34)20(35)23(37-17)33-14-30-18-21(26)28-13-29-22(18)33/h6-9,13-14,17,19-20,23,34-35H,5,10-12H2,1-4H3,(H2,26,28,29)(H2,27,31,36)/t17?,19-,20?,23-/m1/s1. The van der Waals surface area contributed by atoms with E-state index in [1.54, 1.807) is 4.57 Å². The lowest BCUT2D eigenvalue weighted by molar-refractivity contribution is -0.0421. The number of hydrogen-bond donors (Lipinski definition) is 5. The van der Waals surface area contributed by atoms with Crippen LogP contribution in [0.4, 0.5) is 16.3 Å². The van der Waals surface area contributed by atoms with Crippen LogP contribution >= 0.6 is 0 Å². The van der Waals surface area contributed by atoms with Gasteiger partial charge in [0.15, 0.2) is 17.7 Å². The Balaban J connectivity index is 1.21. The molecule has 12 heteroatoms. The maximum atomic E-state index is 12.2. The molecule has 0 aliphatic carbocycles. The van der Waals surface area contributed by atoms with Crippen molar-refractivity contribution in [3.05, 3.63) is 42.5 Å². The summed E-state index contributed by atoms with van der Waals surface area (Å²) in [4.78, 5) is 26.5. The fraction of sp³-hybridized carbons (Fsp3) is 0.520. The molecule has 3 heterocycles. The highest BCUT2D eigenvalue weighted by atomic mass is 16.6. The van der Waals surface area contributed by atoms with Crippen molar-refractivity contribution in [3.8, 4) is 0 Å². The molecule has 0 bridgehead atoms. The quantitative estimate of drug-likeness (QED) is 0.281. The fourth-order valence-corrected chi connectivity index (χ4v) is 4.34. The lowest BCUT2D eigenvalue weighted by Gasteiger charge is -2.22. The van der Waals surface area contributed by atoms with Crippen molar-refractivity contribution in [3.63, 3.8) is 0 Å². The molecule has 2 unspecified atom stereocenters. The van der Waals surface area contributed by atoms with Crippen molar-refractivity contribution in [2.24, 2.45) is 0 Å². The number of hydrogen-bond acceptors (Lipinski definition) is 9. The van der Waals surface area contributed by atoms with Gasteiger partial charge in [0.2, 0.25) is 0 Å². The number of nitrogen functional groups attached to an aromatic ring is 1. The van der Waals surface area contributed by atoms with Crippen molar-refractivity contribution in [1.29, 1.82) is 0 Å². The predicted molar refractivity (Wildman–Crippen MR) is 140 cm³/mol. The van der Waals surface area contributed by atoms with Gasteiger partial charge in [-0.05, 0) is 43.1 Å². The summed E-state index contributed by atoms with van der Waals surface area (Å²) in [5, 5.41) is 26.9. The van der Waals surface area contributed by atoms with Gasteiger partial charge in [0.25, 0.3) is 0 Å². The number of ether oxygens (including phenoxy) is 1. The summed E-state index contributed by atoms with van der Waals surface area (Å²) in [5.74, 6) is 0.230. The number of carbonyl (C=O) groups is 1. The van der Waals surface area contributed by atoms with Crippen molar-refractivity contribution in [2.75, 3.05) is 37.7 Å². The van der Waals surface area contributed by atoms with Crippen LogP contribution in [-0.4, -0.2) is 85.7 Å². The van der Waals surface area contributed by atoms with Gasteiger partial charge in [0.1, 0.15) is 30.2 Å². The number of amides is 2. The zero-order chi connectivity index (χ0) is 26.7. The van der Waals surface area contributed by atoms with E-state index in [9.17, 15) is 15.0 Å². The topological polar surface area (TPSA) is 164 Å². The minimum absolute atomic E-state index is 0.0583. The van der Waals surface area contributed by atoms with Gasteiger partial charge >= 0.3 is 6.03 Å². The first-order valence-electron chi connectivity index (χ1n) is 12.3. The molecular formula is C25H36N8O4. The molecule has 1 aromatic carbocycles. The molecule has 3 aromatic rings. The van der Waals surface area contributed by atoms with E-state index in [1.165, 1.54) is 18.2 Å². The third-order valence-electron chi connectivity index (χ3n) is 6.50. The van der Waals surface area contributed by atoms with Crippen LogP contribution in [0.3, 0.4) is 0 Å². The molecule has 0 saturated carbocycles. The van der Waals surface area contributed by atoms with Crippen molar-refractivity contribution < 1.29 is 19.7 Å². The number of benzene rings is 1. The molecule has 4 atom stereocenters. The Labute approximate surface area is 215 Å². The molecule has 12 nitrogen and oxygen atoms in total. The first kappa shape index (κ1) is 26.7. The van der Waals surface area contributed by atoms with Gasteiger partial charge in [-0.3, -0.25) is 4.57 Å². The number of aliphatic hydroxyl groups is 2. The number of anilines is 2. The zero-order valence-electron chi connectivity index (χ0n) is 21.6. The van der Waals surface area contributed by atoms with E-state index >= 15 is 0 Å². The zero-order valence-corrected chi connectivity index (χ0v) is 21.6. The molecule has 4 rings (SSSR count). The Hall–Kier alpha value is -3.32. The number of carbonyl (C=O) groups excluding carboxylic acids is 1. The molecule has 2 aromatic heterocycles. The number of aromatic nitrogens is 4. The van der Waals surface area contributed by atoms with Crippen molar-refractivity contribution >= 4 is 28.7 Å². The van der Waals surface area contributed by atoms with Gasteiger partial charge in [-0.25, -0.2) is 19.7 Å². The number of fused-ring (bicyclic) bond motifs is 1. The number of aliphatic hydroxyl groups excluding tert-OH is 2. The van der Waals surface area contributed by atoms with Gasteiger partial charge in [-0.1, -0.05) is 32.9 Å². The molecule has 1 aliphatic rings. The largest absolute Gasteiger partial charge is 0.387 e. The average molecular weight is 513 g/mol. The summed E-state index contributed by atoms with van der Waals surface area (Å²) in [7, 11) is 1.90. The Morgan fingerprint density at radius 2 is 1.89 bits per heavy atom. The molecular weight excluding hydrogens is 476 g/mol. The van der Waals surface area contributed by atoms with Crippen LogP contribution in [-0.2, 0) is 10.2 Å². The van der Waals surface area contributed by atoms with Crippen LogP contribution in [0.1, 0.15) is 39.0 Å². The van der Waals surface area contributed by atoms with Crippen molar-refractivity contribution in [1.82, 2.24) is 29.7 Å². The van der Waals surface area contributed by atoms with Crippen LogP contribution < -0.4 is 16.4 Å². The van der Waals surface area contributed by atoms with E-state index in [0.29, 0.717) is 37.2 Å². The van der Waals surface area contributed by atoms with E-state index in [-0.39, 0.29) is 17.3 Å². The van der Waals surface area contributed by atoms with E-state index < -0.39 is 24.5 Å². The van der Waals surface area contributed by atoms with E-state index in [1.807, 2.05) is 36.2 Å². The van der Waals surface area contributed by atoms with Crippen LogP contribution in [0.5, 0.6) is 0 Å². The van der Waals surface area contributed by atoms with Gasteiger partial charge in [-0.15, -0.1) is 0 Å². The number of nitrogens with one attached hydrogen (secondary N) is 2. The summed E-state index contributed by atoms with van der Waals surface area (Å²) >= 11 is 0. The van der Waals surface area contributed by atoms with Crippen molar-refractivity contribution in [2.45, 2.75) is 57.1 Å². The predicted octanol–water partition coefficient (Wildman–Crippen LogP) is 1.47. The number of urea groups is 1. The molecule has 2 amide bonds. The minimum atomic E-state index is -1.16. The lowest BCUT2D eigenvalue weighted by Crippen LogP contribution is -2.39. The summed E-state index contributed by atoms with van der Waals surface area (Å²) < 4.78 is 7.55. The monoisotopic (exact) mass is 512 g/mol. The number of nitrogens with zero attached hydrogens (tertiary/aromatic N) is 5. The van der Waals surface area contributed by atoms with E-state index in [4.69, 9.17) is 10.5 Å². The molecule has 1 saturated heterocycles. The first-order valence-corrected chi connectivity index (χ1v) is 12.3. The highest BCUT2D eigenvalue weighted by Gasteiger charge is 2.44. The van der Waals surface area contributed by atoms with Crippen LogP contribution in [0.15, 0.2) is 36.9 Å². The molecule has 200 valence electrons. The Morgan fingerprint density at radius 1 is 1.16 bits per heavy atom. The van der Waals surface area contributed by atoms with Gasteiger partial charge in [0.05, 0.1) is 6.33 Å². The second kappa shape index (κ2) is 11.0. The number of nitrogens with two attached hydrogens (primary N) is 1. The summed E-state index contributed by atoms with van der Waals surface area (Å²) in [6.07, 6.45) is -0.227. The normalized spacial score (nSPS) is 22.0. The average Bonchev–Trinajstić information content (AvgIpc) is 3.39. The SMILES string of the molecule is CN(CCCNC(=O)Nc1ccc(C(C)(C)C)cc1)CC1O[C@@H](n2cnc3c(N)ncnc32)C(O)[C@@H]1O. The molecule has 0 radical (unpaired) electrons. The molecule has 37 heavy (non-hydrogen) atoms. The smallest absolute Gasteiger partial charge is 0.319 e. The highest BCUT2D eigenvalue weighted by Crippen LogP contribution is 2.32. The number of imidazole rings is 1. The maximum Gasteiger partial charge on any atom is 0.319 e. The number of likely N-dealkylation sites (N-methyl/N-ethyl adjacent to an activating group) is 1. The van der Waals surface area contributed by atoms with E-state index in [2.05, 4.69) is 46.4 Å². The first-order chi connectivity index (χ1) is 17.5. The third-order valence-corrected chi connectivity index (χ3v) is 6.50. The number of rotatable bonds is 8. The maximum absolute atomic E-state index is 12.2. The van der Waals surface area contributed by atoms with Crippen LogP contribution in [0, 0.1) is 0 Å². The van der Waals surface area contributed by atoms with E-state index in [0.717, 1.165) is 5.69 Å². The Bertz CT molecular complexity index is 1210. The van der Waals surface area contributed by atoms with Gasteiger partial charge in [-0.2, -0.15) is 0 Å². The molecule has 1 fully saturated rings. The third kappa shape index (κ3) is 6.16. The summed E-state index contributed by atoms with van der Waals surface area (Å²) in [6.45, 7) is 7.97. The summed E-state index contributed by atoms with van der Waals surface area (Å²) in [6, 6.07) is 7.57. The second-order valence-electron chi connectivity index (χ2n) is 10.5. The Kier molecular flexibility index (Phi) is 7.93. The van der Waals surface area contributed by atoms with Gasteiger partial charge in [0, 0.05) is 18.8 Å². The highest BCUT2D eigenvalue weighted by molar-refractivity contribution is 5.89. The molecule has 1 aliphatic heterocycles.